The first-order valence-electron chi connectivity index (χ1n) is 5.90. The number of hydrogen-bond donors (Lipinski definition) is 0. The van der Waals surface area contributed by atoms with E-state index in [-0.39, 0.29) is 0 Å². The van der Waals surface area contributed by atoms with Crippen molar-refractivity contribution in [1.29, 1.82) is 0 Å². The summed E-state index contributed by atoms with van der Waals surface area (Å²) in [6, 6.07) is 4.77. The van der Waals surface area contributed by atoms with Crippen LogP contribution in [0, 0.1) is 0 Å². The topological polar surface area (TPSA) is 0 Å². The molecule has 0 unspecified atom stereocenters. The summed E-state index contributed by atoms with van der Waals surface area (Å²) in [7, 11) is 0. The van der Waals surface area contributed by atoms with Crippen molar-refractivity contribution < 1.29 is 0 Å². The van der Waals surface area contributed by atoms with E-state index < -0.39 is 0 Å². The second kappa shape index (κ2) is 5.19. The van der Waals surface area contributed by atoms with Crippen LogP contribution in [0.2, 0.25) is 0 Å². The molecule has 0 aliphatic carbocycles. The zero-order valence-corrected chi connectivity index (χ0v) is 9.98. The van der Waals surface area contributed by atoms with E-state index >= 15 is 0 Å². The van der Waals surface area contributed by atoms with Gasteiger partial charge in [0, 0.05) is 0 Å². The molecule has 0 atom stereocenters. The highest BCUT2D eigenvalue weighted by atomic mass is 14.1. The Morgan fingerprint density at radius 2 is 1.21 bits per heavy atom. The average molecular weight is 190 g/mol. The standard InChI is InChI=1S/C14H22/c1-5-11-9-12(6-2)14(8-4)13(7-3)10-11/h9-10H,5-8H2,1-4H3. The molecular weight excluding hydrogens is 168 g/mol. The molecule has 0 aromatic heterocycles. The van der Waals surface area contributed by atoms with Gasteiger partial charge in [-0.05, 0) is 47.9 Å². The van der Waals surface area contributed by atoms with Gasteiger partial charge in [-0.2, -0.15) is 0 Å². The van der Waals surface area contributed by atoms with Gasteiger partial charge in [0.1, 0.15) is 0 Å². The monoisotopic (exact) mass is 190 g/mol. The third kappa shape index (κ3) is 2.17. The molecule has 1 aromatic rings. The largest absolute Gasteiger partial charge is 0.0613 e. The van der Waals surface area contributed by atoms with Crippen molar-refractivity contribution in [3.8, 4) is 0 Å². The average Bonchev–Trinajstić information content (AvgIpc) is 2.26. The lowest BCUT2D eigenvalue weighted by Gasteiger charge is -2.13. The molecule has 0 fully saturated rings. The van der Waals surface area contributed by atoms with Gasteiger partial charge in [-0.15, -0.1) is 0 Å². The Kier molecular flexibility index (Phi) is 4.19. The molecule has 0 N–H and O–H groups in total. The predicted octanol–water partition coefficient (Wildman–Crippen LogP) is 3.94. The summed E-state index contributed by atoms with van der Waals surface area (Å²) < 4.78 is 0. The van der Waals surface area contributed by atoms with Gasteiger partial charge < -0.3 is 0 Å². The van der Waals surface area contributed by atoms with E-state index in [0.717, 1.165) is 6.42 Å². The third-order valence-corrected chi connectivity index (χ3v) is 3.02. The molecule has 0 heterocycles. The summed E-state index contributed by atoms with van der Waals surface area (Å²) in [6.07, 6.45) is 4.67. The fraction of sp³-hybridized carbons (Fsp3) is 0.571. The smallest absolute Gasteiger partial charge is 0.0302 e. The maximum atomic E-state index is 2.39. The summed E-state index contributed by atoms with van der Waals surface area (Å²) in [5.74, 6) is 0. The van der Waals surface area contributed by atoms with Crippen LogP contribution in [-0.4, -0.2) is 0 Å². The summed E-state index contributed by atoms with van der Waals surface area (Å²) in [5, 5.41) is 0. The zero-order chi connectivity index (χ0) is 10.6. The van der Waals surface area contributed by atoms with Crippen molar-refractivity contribution in [2.45, 2.75) is 53.4 Å². The van der Waals surface area contributed by atoms with E-state index in [1.54, 1.807) is 16.7 Å². The van der Waals surface area contributed by atoms with Crippen LogP contribution in [0.4, 0.5) is 0 Å². The van der Waals surface area contributed by atoms with Crippen molar-refractivity contribution >= 4 is 0 Å². The van der Waals surface area contributed by atoms with E-state index in [1.165, 1.54) is 24.8 Å². The lowest BCUT2D eigenvalue weighted by Crippen LogP contribution is -1.99. The minimum Gasteiger partial charge on any atom is -0.0613 e. The highest BCUT2D eigenvalue weighted by Gasteiger charge is 2.06. The van der Waals surface area contributed by atoms with Crippen LogP contribution in [0.1, 0.15) is 49.9 Å². The fourth-order valence-electron chi connectivity index (χ4n) is 2.16. The second-order valence-corrected chi connectivity index (χ2v) is 3.81. The van der Waals surface area contributed by atoms with E-state index in [1.807, 2.05) is 0 Å². The van der Waals surface area contributed by atoms with E-state index in [2.05, 4.69) is 39.8 Å². The number of benzene rings is 1. The molecular formula is C14H22. The molecule has 0 aliphatic rings. The van der Waals surface area contributed by atoms with Gasteiger partial charge in [0.05, 0.1) is 0 Å². The molecule has 1 aromatic carbocycles. The molecule has 0 radical (unpaired) electrons. The van der Waals surface area contributed by atoms with Crippen molar-refractivity contribution in [3.05, 3.63) is 34.4 Å². The molecule has 0 spiro atoms. The molecule has 1 rings (SSSR count). The summed E-state index contributed by atoms with van der Waals surface area (Å²) in [4.78, 5) is 0. The first kappa shape index (κ1) is 11.3. The first-order valence-corrected chi connectivity index (χ1v) is 5.90. The van der Waals surface area contributed by atoms with Crippen LogP contribution in [0.5, 0.6) is 0 Å². The van der Waals surface area contributed by atoms with Gasteiger partial charge in [-0.3, -0.25) is 0 Å². The molecule has 0 bridgehead atoms. The summed E-state index contributed by atoms with van der Waals surface area (Å²) in [5.41, 5.74) is 6.20. The molecule has 0 nitrogen and oxygen atoms in total. The van der Waals surface area contributed by atoms with Crippen LogP contribution in [0.15, 0.2) is 12.1 Å². The van der Waals surface area contributed by atoms with Crippen LogP contribution < -0.4 is 0 Å². The van der Waals surface area contributed by atoms with Crippen molar-refractivity contribution in [3.63, 3.8) is 0 Å². The first-order chi connectivity index (χ1) is 6.76. The molecule has 0 saturated carbocycles. The lowest BCUT2D eigenvalue weighted by molar-refractivity contribution is 0.962. The molecule has 0 saturated heterocycles. The van der Waals surface area contributed by atoms with Gasteiger partial charge in [0.25, 0.3) is 0 Å². The third-order valence-electron chi connectivity index (χ3n) is 3.02. The second-order valence-electron chi connectivity index (χ2n) is 3.81. The highest BCUT2D eigenvalue weighted by Crippen LogP contribution is 2.20. The number of rotatable bonds is 4. The van der Waals surface area contributed by atoms with E-state index in [4.69, 9.17) is 0 Å². The molecule has 14 heavy (non-hydrogen) atoms. The van der Waals surface area contributed by atoms with Crippen LogP contribution in [0.25, 0.3) is 0 Å². The summed E-state index contributed by atoms with van der Waals surface area (Å²) in [6.45, 7) is 9.01. The predicted molar refractivity (Wildman–Crippen MR) is 64.0 cm³/mol. The molecule has 0 aliphatic heterocycles. The van der Waals surface area contributed by atoms with Crippen molar-refractivity contribution in [2.75, 3.05) is 0 Å². The Morgan fingerprint density at radius 3 is 1.50 bits per heavy atom. The molecule has 0 amide bonds. The maximum absolute atomic E-state index is 2.39. The van der Waals surface area contributed by atoms with Crippen LogP contribution in [-0.2, 0) is 25.7 Å². The van der Waals surface area contributed by atoms with E-state index in [0.29, 0.717) is 0 Å². The Balaban J connectivity index is 3.24. The Labute approximate surface area is 88.4 Å². The Hall–Kier alpha value is -0.780. The van der Waals surface area contributed by atoms with Crippen molar-refractivity contribution in [2.24, 2.45) is 0 Å². The van der Waals surface area contributed by atoms with Gasteiger partial charge in [0.2, 0.25) is 0 Å². The minimum absolute atomic E-state index is 1.16. The van der Waals surface area contributed by atoms with Gasteiger partial charge in [-0.1, -0.05) is 39.8 Å². The molecule has 0 heteroatoms. The van der Waals surface area contributed by atoms with Crippen LogP contribution >= 0.6 is 0 Å². The fourth-order valence-corrected chi connectivity index (χ4v) is 2.16. The van der Waals surface area contributed by atoms with Crippen LogP contribution in [0.3, 0.4) is 0 Å². The van der Waals surface area contributed by atoms with E-state index in [9.17, 15) is 0 Å². The lowest BCUT2D eigenvalue weighted by atomic mass is 9.92. The zero-order valence-electron chi connectivity index (χ0n) is 9.98. The Bertz CT molecular complexity index is 272. The minimum atomic E-state index is 1.16. The van der Waals surface area contributed by atoms with Gasteiger partial charge in [0.15, 0.2) is 0 Å². The molecule has 78 valence electrons. The van der Waals surface area contributed by atoms with Gasteiger partial charge in [-0.25, -0.2) is 0 Å². The maximum Gasteiger partial charge on any atom is -0.0302 e. The number of aryl methyl sites for hydroxylation is 3. The highest BCUT2D eigenvalue weighted by molar-refractivity contribution is 5.39. The quantitative estimate of drug-likeness (QED) is 0.674. The summed E-state index contributed by atoms with van der Waals surface area (Å²) >= 11 is 0. The van der Waals surface area contributed by atoms with Crippen molar-refractivity contribution in [1.82, 2.24) is 0 Å². The number of hydrogen-bond acceptors (Lipinski definition) is 0. The SMILES string of the molecule is CCc1cc(CC)c(CC)c(CC)c1. The normalized spacial score (nSPS) is 10.6. The van der Waals surface area contributed by atoms with Gasteiger partial charge >= 0.3 is 0 Å². The Morgan fingerprint density at radius 1 is 0.714 bits per heavy atom.